The Bertz CT molecular complexity index is 456. The standard InChI is InChI=1S/C13H14N2O/c1-16-11-8-5-9-15-13(11)12(14)10-6-3-2-4-7-10/h2-9,12H,14H2,1H3/t12-/m0/s1. The van der Waals surface area contributed by atoms with Crippen molar-refractivity contribution in [3.8, 4) is 5.75 Å². The SMILES string of the molecule is COc1cccnc1[C@@H](N)c1ccccc1. The molecule has 0 aliphatic carbocycles. The minimum Gasteiger partial charge on any atom is -0.495 e. The highest BCUT2D eigenvalue weighted by Crippen LogP contribution is 2.25. The van der Waals surface area contributed by atoms with Gasteiger partial charge in [-0.3, -0.25) is 4.98 Å². The molecule has 1 heterocycles. The number of methoxy groups -OCH3 is 1. The lowest BCUT2D eigenvalue weighted by Gasteiger charge is -2.14. The number of nitrogens with zero attached hydrogens (tertiary/aromatic N) is 1. The van der Waals surface area contributed by atoms with E-state index in [1.807, 2.05) is 42.5 Å². The summed E-state index contributed by atoms with van der Waals surface area (Å²) in [5.74, 6) is 0.721. The van der Waals surface area contributed by atoms with Crippen LogP contribution in [-0.2, 0) is 0 Å². The van der Waals surface area contributed by atoms with E-state index in [2.05, 4.69) is 4.98 Å². The number of pyridine rings is 1. The number of nitrogens with two attached hydrogens (primary N) is 1. The van der Waals surface area contributed by atoms with Gasteiger partial charge in [-0.1, -0.05) is 30.3 Å². The van der Waals surface area contributed by atoms with Gasteiger partial charge >= 0.3 is 0 Å². The summed E-state index contributed by atoms with van der Waals surface area (Å²) in [7, 11) is 1.62. The van der Waals surface area contributed by atoms with E-state index in [0.717, 1.165) is 17.0 Å². The summed E-state index contributed by atoms with van der Waals surface area (Å²) in [6.45, 7) is 0. The van der Waals surface area contributed by atoms with Gasteiger partial charge in [0.1, 0.15) is 11.4 Å². The molecular weight excluding hydrogens is 200 g/mol. The van der Waals surface area contributed by atoms with Crippen molar-refractivity contribution < 1.29 is 4.74 Å². The Morgan fingerprint density at radius 2 is 1.88 bits per heavy atom. The molecule has 16 heavy (non-hydrogen) atoms. The van der Waals surface area contributed by atoms with Crippen LogP contribution in [0, 0.1) is 0 Å². The number of hydrogen-bond acceptors (Lipinski definition) is 3. The molecule has 1 aromatic carbocycles. The summed E-state index contributed by atoms with van der Waals surface area (Å²) < 4.78 is 5.25. The molecule has 0 spiro atoms. The normalized spacial score (nSPS) is 12.1. The number of benzene rings is 1. The molecule has 3 heteroatoms. The lowest BCUT2D eigenvalue weighted by Crippen LogP contribution is -2.14. The Hall–Kier alpha value is -1.87. The third-order valence-electron chi connectivity index (χ3n) is 2.47. The smallest absolute Gasteiger partial charge is 0.142 e. The zero-order valence-electron chi connectivity index (χ0n) is 9.13. The van der Waals surface area contributed by atoms with Gasteiger partial charge in [0.25, 0.3) is 0 Å². The van der Waals surface area contributed by atoms with Crippen molar-refractivity contribution in [1.82, 2.24) is 4.98 Å². The summed E-state index contributed by atoms with van der Waals surface area (Å²) in [6, 6.07) is 13.3. The van der Waals surface area contributed by atoms with Crippen LogP contribution in [-0.4, -0.2) is 12.1 Å². The first-order valence-corrected chi connectivity index (χ1v) is 5.12. The molecule has 1 aromatic heterocycles. The molecule has 3 nitrogen and oxygen atoms in total. The van der Waals surface area contributed by atoms with Crippen LogP contribution >= 0.6 is 0 Å². The van der Waals surface area contributed by atoms with E-state index < -0.39 is 0 Å². The quantitative estimate of drug-likeness (QED) is 0.851. The van der Waals surface area contributed by atoms with Gasteiger partial charge in [-0.15, -0.1) is 0 Å². The first kappa shape index (κ1) is 10.6. The molecule has 2 rings (SSSR count). The molecule has 0 aliphatic rings. The minimum atomic E-state index is -0.252. The fourth-order valence-electron chi connectivity index (χ4n) is 1.63. The third kappa shape index (κ3) is 2.04. The van der Waals surface area contributed by atoms with Crippen molar-refractivity contribution >= 4 is 0 Å². The summed E-state index contributed by atoms with van der Waals surface area (Å²) in [4.78, 5) is 4.28. The highest BCUT2D eigenvalue weighted by Gasteiger charge is 2.14. The van der Waals surface area contributed by atoms with E-state index in [1.54, 1.807) is 13.3 Å². The third-order valence-corrected chi connectivity index (χ3v) is 2.47. The van der Waals surface area contributed by atoms with Crippen molar-refractivity contribution in [1.29, 1.82) is 0 Å². The van der Waals surface area contributed by atoms with Crippen LogP contribution in [0.25, 0.3) is 0 Å². The molecule has 0 bridgehead atoms. The predicted octanol–water partition coefficient (Wildman–Crippen LogP) is 2.14. The van der Waals surface area contributed by atoms with Crippen molar-refractivity contribution in [2.75, 3.05) is 7.11 Å². The van der Waals surface area contributed by atoms with Crippen molar-refractivity contribution in [3.63, 3.8) is 0 Å². The van der Waals surface area contributed by atoms with Crippen LogP contribution in [0.2, 0.25) is 0 Å². The summed E-state index contributed by atoms with van der Waals surface area (Å²) in [5, 5.41) is 0. The Morgan fingerprint density at radius 3 is 2.56 bits per heavy atom. The Morgan fingerprint density at radius 1 is 1.12 bits per heavy atom. The average Bonchev–Trinajstić information content (AvgIpc) is 2.39. The molecule has 0 saturated heterocycles. The zero-order valence-corrected chi connectivity index (χ0v) is 9.13. The van der Waals surface area contributed by atoms with Crippen LogP contribution in [0.5, 0.6) is 5.75 Å². The number of ether oxygens (including phenoxy) is 1. The van der Waals surface area contributed by atoms with Gasteiger partial charge in [-0.05, 0) is 17.7 Å². The van der Waals surface area contributed by atoms with Crippen LogP contribution in [0.1, 0.15) is 17.3 Å². The molecule has 0 radical (unpaired) electrons. The largest absolute Gasteiger partial charge is 0.495 e. The van der Waals surface area contributed by atoms with E-state index in [-0.39, 0.29) is 6.04 Å². The Balaban J connectivity index is 2.37. The molecule has 0 aliphatic heterocycles. The summed E-state index contributed by atoms with van der Waals surface area (Å²) in [5.41, 5.74) is 7.94. The second-order valence-corrected chi connectivity index (χ2v) is 3.48. The zero-order chi connectivity index (χ0) is 11.4. The average molecular weight is 214 g/mol. The highest BCUT2D eigenvalue weighted by molar-refractivity contribution is 5.36. The maximum atomic E-state index is 6.15. The highest BCUT2D eigenvalue weighted by atomic mass is 16.5. The van der Waals surface area contributed by atoms with Crippen molar-refractivity contribution in [2.45, 2.75) is 6.04 Å². The first-order chi connectivity index (χ1) is 7.83. The monoisotopic (exact) mass is 214 g/mol. The minimum absolute atomic E-state index is 0.252. The fraction of sp³-hybridized carbons (Fsp3) is 0.154. The predicted molar refractivity (Wildman–Crippen MR) is 63.3 cm³/mol. The van der Waals surface area contributed by atoms with E-state index in [4.69, 9.17) is 10.5 Å². The lowest BCUT2D eigenvalue weighted by molar-refractivity contribution is 0.404. The molecule has 82 valence electrons. The van der Waals surface area contributed by atoms with Crippen LogP contribution in [0.4, 0.5) is 0 Å². The molecule has 0 fully saturated rings. The molecule has 1 atom stereocenters. The fourth-order valence-corrected chi connectivity index (χ4v) is 1.63. The van der Waals surface area contributed by atoms with Gasteiger partial charge in [0.15, 0.2) is 0 Å². The van der Waals surface area contributed by atoms with E-state index >= 15 is 0 Å². The molecule has 2 N–H and O–H groups in total. The summed E-state index contributed by atoms with van der Waals surface area (Å²) >= 11 is 0. The topological polar surface area (TPSA) is 48.1 Å². The number of hydrogen-bond donors (Lipinski definition) is 1. The van der Waals surface area contributed by atoms with Crippen LogP contribution < -0.4 is 10.5 Å². The van der Waals surface area contributed by atoms with E-state index in [9.17, 15) is 0 Å². The molecule has 0 saturated carbocycles. The molecular formula is C13H14N2O. The van der Waals surface area contributed by atoms with Gasteiger partial charge in [-0.2, -0.15) is 0 Å². The number of aromatic nitrogens is 1. The second kappa shape index (κ2) is 4.77. The van der Waals surface area contributed by atoms with Crippen LogP contribution in [0.15, 0.2) is 48.7 Å². The van der Waals surface area contributed by atoms with Gasteiger partial charge < -0.3 is 10.5 Å². The molecule has 2 aromatic rings. The summed E-state index contributed by atoms with van der Waals surface area (Å²) in [6.07, 6.45) is 1.72. The second-order valence-electron chi connectivity index (χ2n) is 3.48. The van der Waals surface area contributed by atoms with Gasteiger partial charge in [0, 0.05) is 6.20 Å². The molecule has 0 amide bonds. The lowest BCUT2D eigenvalue weighted by atomic mass is 10.0. The maximum Gasteiger partial charge on any atom is 0.142 e. The van der Waals surface area contributed by atoms with E-state index in [1.165, 1.54) is 0 Å². The van der Waals surface area contributed by atoms with Gasteiger partial charge in [-0.25, -0.2) is 0 Å². The van der Waals surface area contributed by atoms with Gasteiger partial charge in [0.2, 0.25) is 0 Å². The number of rotatable bonds is 3. The first-order valence-electron chi connectivity index (χ1n) is 5.12. The maximum absolute atomic E-state index is 6.15. The molecule has 0 unspecified atom stereocenters. The van der Waals surface area contributed by atoms with Crippen molar-refractivity contribution in [3.05, 3.63) is 59.9 Å². The van der Waals surface area contributed by atoms with E-state index in [0.29, 0.717) is 0 Å². The van der Waals surface area contributed by atoms with Gasteiger partial charge in [0.05, 0.1) is 13.2 Å². The Kier molecular flexibility index (Phi) is 3.17. The van der Waals surface area contributed by atoms with Crippen molar-refractivity contribution in [2.24, 2.45) is 5.73 Å². The Labute approximate surface area is 94.9 Å². The van der Waals surface area contributed by atoms with Crippen LogP contribution in [0.3, 0.4) is 0 Å².